The maximum Gasteiger partial charge on any atom is 0.269 e. The lowest BCUT2D eigenvalue weighted by atomic mass is 10.3. The van der Waals surface area contributed by atoms with Gasteiger partial charge in [0.25, 0.3) is 5.91 Å². The van der Waals surface area contributed by atoms with Crippen molar-refractivity contribution in [3.63, 3.8) is 0 Å². The van der Waals surface area contributed by atoms with Gasteiger partial charge in [0.15, 0.2) is 5.69 Å². The van der Waals surface area contributed by atoms with Crippen LogP contribution in [0.1, 0.15) is 16.3 Å². The Morgan fingerprint density at radius 3 is 3.00 bits per heavy atom. The number of aromatic nitrogens is 3. The van der Waals surface area contributed by atoms with E-state index in [-0.39, 0.29) is 5.69 Å². The highest BCUT2D eigenvalue weighted by Crippen LogP contribution is 2.12. The molecule has 2 rings (SSSR count). The molecular formula is C8H8N4O. The number of rotatable bonds is 1. The third-order valence-electron chi connectivity index (χ3n) is 1.75. The van der Waals surface area contributed by atoms with Gasteiger partial charge in [0.1, 0.15) is 5.82 Å². The van der Waals surface area contributed by atoms with Crippen LogP contribution in [0.15, 0.2) is 12.3 Å². The molecular weight excluding hydrogens is 168 g/mol. The quantitative estimate of drug-likeness (QED) is 0.658. The Hall–Kier alpha value is -1.91. The first-order valence-electron chi connectivity index (χ1n) is 3.80. The minimum absolute atomic E-state index is 0.243. The monoisotopic (exact) mass is 176 g/mol. The molecule has 5 nitrogen and oxygen atoms in total. The lowest BCUT2D eigenvalue weighted by Crippen LogP contribution is -2.14. The molecule has 66 valence electrons. The van der Waals surface area contributed by atoms with Gasteiger partial charge < -0.3 is 10.7 Å². The van der Waals surface area contributed by atoms with Gasteiger partial charge in [-0.3, -0.25) is 4.79 Å². The van der Waals surface area contributed by atoms with Gasteiger partial charge >= 0.3 is 0 Å². The second-order valence-corrected chi connectivity index (χ2v) is 2.72. The second-order valence-electron chi connectivity index (χ2n) is 2.72. The Bertz CT molecular complexity index is 474. The summed E-state index contributed by atoms with van der Waals surface area (Å²) in [4.78, 5) is 21.9. The molecule has 0 aromatic carbocycles. The van der Waals surface area contributed by atoms with Crippen LogP contribution in [-0.4, -0.2) is 20.9 Å². The zero-order valence-electron chi connectivity index (χ0n) is 7.03. The molecule has 1 amide bonds. The summed E-state index contributed by atoms with van der Waals surface area (Å²) in [7, 11) is 0. The molecule has 0 unspecified atom stereocenters. The van der Waals surface area contributed by atoms with Gasteiger partial charge in [0, 0.05) is 6.20 Å². The van der Waals surface area contributed by atoms with Gasteiger partial charge in [-0.05, 0) is 13.0 Å². The number of aromatic amines is 1. The number of aryl methyl sites for hydroxylation is 1. The summed E-state index contributed by atoms with van der Waals surface area (Å²) in [6.45, 7) is 1.72. The molecule has 0 aliphatic carbocycles. The summed E-state index contributed by atoms with van der Waals surface area (Å²) in [5.74, 6) is -0.00106. The number of nitrogens with two attached hydrogens (primary N) is 1. The molecule has 5 heteroatoms. The molecule has 0 atom stereocenters. The third kappa shape index (κ3) is 1.14. The maximum atomic E-state index is 11.0. The number of nitrogens with one attached hydrogen (secondary N) is 1. The number of nitrogens with zero attached hydrogens (tertiary/aromatic N) is 2. The van der Waals surface area contributed by atoms with Crippen molar-refractivity contribution in [1.82, 2.24) is 15.0 Å². The number of primary amides is 1. The van der Waals surface area contributed by atoms with E-state index in [1.165, 1.54) is 0 Å². The first-order chi connectivity index (χ1) is 6.18. The SMILES string of the molecule is Cc1nc(C(N)=O)c2[nH]ccc2n1. The predicted octanol–water partition coefficient (Wildman–Crippen LogP) is 0.365. The highest BCUT2D eigenvalue weighted by molar-refractivity contribution is 6.01. The molecule has 3 N–H and O–H groups in total. The highest BCUT2D eigenvalue weighted by atomic mass is 16.1. The summed E-state index contributed by atoms with van der Waals surface area (Å²) < 4.78 is 0. The minimum atomic E-state index is -0.544. The van der Waals surface area contributed by atoms with Crippen molar-refractivity contribution in [2.75, 3.05) is 0 Å². The molecule has 0 radical (unpaired) electrons. The summed E-state index contributed by atoms with van der Waals surface area (Å²) >= 11 is 0. The van der Waals surface area contributed by atoms with Crippen LogP contribution in [0.4, 0.5) is 0 Å². The van der Waals surface area contributed by atoms with Crippen molar-refractivity contribution in [3.05, 3.63) is 23.8 Å². The van der Waals surface area contributed by atoms with Crippen molar-refractivity contribution in [2.24, 2.45) is 5.73 Å². The Morgan fingerprint density at radius 1 is 1.54 bits per heavy atom. The Kier molecular flexibility index (Phi) is 1.51. The molecule has 0 saturated heterocycles. The molecule has 0 aliphatic heterocycles. The van der Waals surface area contributed by atoms with Crippen molar-refractivity contribution in [3.8, 4) is 0 Å². The third-order valence-corrected chi connectivity index (χ3v) is 1.75. The standard InChI is InChI=1S/C8H8N4O/c1-4-11-5-2-3-10-6(5)7(12-4)8(9)13/h2-3,10H,1H3,(H2,9,13). The smallest absolute Gasteiger partial charge is 0.269 e. The second kappa shape index (κ2) is 2.55. The largest absolute Gasteiger partial charge is 0.364 e. The van der Waals surface area contributed by atoms with E-state index >= 15 is 0 Å². The molecule has 0 aliphatic rings. The van der Waals surface area contributed by atoms with Gasteiger partial charge in [-0.25, -0.2) is 9.97 Å². The van der Waals surface area contributed by atoms with Crippen LogP contribution in [0.25, 0.3) is 11.0 Å². The van der Waals surface area contributed by atoms with E-state index in [4.69, 9.17) is 5.73 Å². The normalized spacial score (nSPS) is 10.5. The molecule has 0 saturated carbocycles. The molecule has 2 aromatic rings. The van der Waals surface area contributed by atoms with Crippen LogP contribution in [0.3, 0.4) is 0 Å². The number of amides is 1. The van der Waals surface area contributed by atoms with E-state index in [1.54, 1.807) is 19.2 Å². The lowest BCUT2D eigenvalue weighted by molar-refractivity contribution is 0.0997. The Labute approximate surface area is 74.0 Å². The van der Waals surface area contributed by atoms with Crippen LogP contribution >= 0.6 is 0 Å². The van der Waals surface area contributed by atoms with Gasteiger partial charge in [-0.1, -0.05) is 0 Å². The fourth-order valence-corrected chi connectivity index (χ4v) is 1.24. The van der Waals surface area contributed by atoms with Crippen LogP contribution in [0.5, 0.6) is 0 Å². The zero-order chi connectivity index (χ0) is 9.42. The van der Waals surface area contributed by atoms with Crippen LogP contribution in [0, 0.1) is 6.92 Å². The summed E-state index contributed by atoms with van der Waals surface area (Å²) in [6, 6.07) is 1.77. The van der Waals surface area contributed by atoms with Crippen molar-refractivity contribution in [1.29, 1.82) is 0 Å². The van der Waals surface area contributed by atoms with E-state index in [9.17, 15) is 4.79 Å². The van der Waals surface area contributed by atoms with E-state index in [2.05, 4.69) is 15.0 Å². The number of hydrogen-bond acceptors (Lipinski definition) is 3. The summed E-state index contributed by atoms with van der Waals surface area (Å²) in [5, 5.41) is 0. The molecule has 0 bridgehead atoms. The van der Waals surface area contributed by atoms with Gasteiger partial charge in [-0.2, -0.15) is 0 Å². The predicted molar refractivity (Wildman–Crippen MR) is 47.1 cm³/mol. The topological polar surface area (TPSA) is 84.7 Å². The van der Waals surface area contributed by atoms with Crippen molar-refractivity contribution in [2.45, 2.75) is 6.92 Å². The number of carbonyl (C=O) groups excluding carboxylic acids is 1. The number of fused-ring (bicyclic) bond motifs is 1. The minimum Gasteiger partial charge on any atom is -0.364 e. The molecule has 13 heavy (non-hydrogen) atoms. The molecule has 0 spiro atoms. The fourth-order valence-electron chi connectivity index (χ4n) is 1.24. The van der Waals surface area contributed by atoms with E-state index < -0.39 is 5.91 Å². The number of H-pyrrole nitrogens is 1. The van der Waals surface area contributed by atoms with Crippen molar-refractivity contribution >= 4 is 16.9 Å². The summed E-state index contributed by atoms with van der Waals surface area (Å²) in [6.07, 6.45) is 1.70. The number of hydrogen-bond donors (Lipinski definition) is 2. The molecule has 2 heterocycles. The van der Waals surface area contributed by atoms with E-state index in [1.807, 2.05) is 0 Å². The van der Waals surface area contributed by atoms with Gasteiger partial charge in [-0.15, -0.1) is 0 Å². The average molecular weight is 176 g/mol. The van der Waals surface area contributed by atoms with Crippen LogP contribution in [0.2, 0.25) is 0 Å². The maximum absolute atomic E-state index is 11.0. The fraction of sp³-hybridized carbons (Fsp3) is 0.125. The van der Waals surface area contributed by atoms with Gasteiger partial charge in [0.2, 0.25) is 0 Å². The Morgan fingerprint density at radius 2 is 2.31 bits per heavy atom. The summed E-state index contributed by atoms with van der Waals surface area (Å²) in [5.41, 5.74) is 6.71. The van der Waals surface area contributed by atoms with Crippen LogP contribution < -0.4 is 5.73 Å². The Balaban J connectivity index is 2.84. The van der Waals surface area contributed by atoms with E-state index in [0.29, 0.717) is 16.9 Å². The number of carbonyl (C=O) groups is 1. The van der Waals surface area contributed by atoms with Gasteiger partial charge in [0.05, 0.1) is 11.0 Å². The molecule has 0 fully saturated rings. The average Bonchev–Trinajstić information content (AvgIpc) is 2.49. The zero-order valence-corrected chi connectivity index (χ0v) is 7.03. The first kappa shape index (κ1) is 7.72. The lowest BCUT2D eigenvalue weighted by Gasteiger charge is -1.98. The van der Waals surface area contributed by atoms with Crippen LogP contribution in [-0.2, 0) is 0 Å². The molecule has 2 aromatic heterocycles. The first-order valence-corrected chi connectivity index (χ1v) is 3.80. The van der Waals surface area contributed by atoms with Crippen molar-refractivity contribution < 1.29 is 4.79 Å². The highest BCUT2D eigenvalue weighted by Gasteiger charge is 2.10. The van der Waals surface area contributed by atoms with E-state index in [0.717, 1.165) is 0 Å².